The van der Waals surface area contributed by atoms with E-state index in [0.717, 1.165) is 36.5 Å². The number of carbonyl (C=O) groups is 1. The van der Waals surface area contributed by atoms with Gasteiger partial charge in [-0.3, -0.25) is 0 Å². The molecule has 0 heterocycles. The lowest BCUT2D eigenvalue weighted by molar-refractivity contribution is -0.117. The van der Waals surface area contributed by atoms with Crippen molar-refractivity contribution in [1.82, 2.24) is 0 Å². The molecule has 1 aromatic carbocycles. The maximum Gasteiger partial charge on any atom is 0.129 e. The molecular formula is C37H72O. The molecule has 0 amide bonds. The van der Waals surface area contributed by atoms with E-state index in [4.69, 9.17) is 0 Å². The molecule has 3 rings (SSSR count). The second-order valence-electron chi connectivity index (χ2n) is 11.7. The van der Waals surface area contributed by atoms with Gasteiger partial charge in [-0.15, -0.1) is 0 Å². The molecule has 1 heteroatoms. The topological polar surface area (TPSA) is 17.1 Å². The number of unbranched alkanes of at least 4 members (excludes halogenated alkanes) is 2. The van der Waals surface area contributed by atoms with Gasteiger partial charge in [0.25, 0.3) is 0 Å². The maximum atomic E-state index is 10.0. The first-order valence-electron chi connectivity index (χ1n) is 15.1. The third kappa shape index (κ3) is 17.5. The third-order valence-corrected chi connectivity index (χ3v) is 8.54. The summed E-state index contributed by atoms with van der Waals surface area (Å²) < 4.78 is 0. The van der Waals surface area contributed by atoms with Crippen LogP contribution in [0.15, 0.2) is 24.3 Å². The minimum Gasteiger partial charge on any atom is -0.300 e. The van der Waals surface area contributed by atoms with Gasteiger partial charge in [-0.1, -0.05) is 139 Å². The van der Waals surface area contributed by atoms with Crippen LogP contribution in [0.2, 0.25) is 0 Å². The summed E-state index contributed by atoms with van der Waals surface area (Å²) in [6.45, 7) is 8.27. The van der Waals surface area contributed by atoms with Gasteiger partial charge in [-0.05, 0) is 86.7 Å². The van der Waals surface area contributed by atoms with Crippen LogP contribution in [0.5, 0.6) is 0 Å². The Morgan fingerprint density at radius 1 is 0.579 bits per heavy atom. The van der Waals surface area contributed by atoms with Gasteiger partial charge in [0, 0.05) is 6.42 Å². The number of hydrogen-bond acceptors (Lipinski definition) is 1. The van der Waals surface area contributed by atoms with Crippen LogP contribution in [0.4, 0.5) is 0 Å². The molecule has 0 atom stereocenters. The van der Waals surface area contributed by atoms with Crippen molar-refractivity contribution in [2.75, 3.05) is 0 Å². The van der Waals surface area contributed by atoms with Crippen LogP contribution < -0.4 is 0 Å². The van der Waals surface area contributed by atoms with E-state index < -0.39 is 0 Å². The van der Waals surface area contributed by atoms with Gasteiger partial charge in [-0.25, -0.2) is 0 Å². The average molecular weight is 533 g/mol. The van der Waals surface area contributed by atoms with Crippen LogP contribution >= 0.6 is 0 Å². The molecule has 0 aliphatic heterocycles. The first kappa shape index (κ1) is 41.4. The number of benzene rings is 1. The predicted molar refractivity (Wildman–Crippen MR) is 176 cm³/mol. The van der Waals surface area contributed by atoms with Crippen LogP contribution in [0, 0.1) is 23.7 Å². The van der Waals surface area contributed by atoms with Crippen LogP contribution in [0.3, 0.4) is 0 Å². The van der Waals surface area contributed by atoms with Crippen molar-refractivity contribution in [2.24, 2.45) is 23.7 Å². The zero-order valence-corrected chi connectivity index (χ0v) is 23.3. The van der Waals surface area contributed by atoms with Crippen molar-refractivity contribution in [1.29, 1.82) is 0 Å². The highest BCUT2D eigenvalue weighted by Crippen LogP contribution is 2.35. The van der Waals surface area contributed by atoms with E-state index in [1.54, 1.807) is 18.1 Å². The zero-order valence-electron chi connectivity index (χ0n) is 23.3. The van der Waals surface area contributed by atoms with E-state index in [1.165, 1.54) is 103 Å². The Balaban J connectivity index is -0.00000110. The summed E-state index contributed by atoms with van der Waals surface area (Å²) >= 11 is 0. The maximum absolute atomic E-state index is 10.0. The van der Waals surface area contributed by atoms with Crippen molar-refractivity contribution in [3.8, 4) is 0 Å². The summed E-state index contributed by atoms with van der Waals surface area (Å²) in [5.74, 6) is 4.26. The fourth-order valence-corrected chi connectivity index (χ4v) is 6.26. The molecule has 1 aromatic rings. The lowest BCUT2D eigenvalue weighted by atomic mass is 9.77. The predicted octanol–water partition coefficient (Wildman–Crippen LogP) is 12.7. The monoisotopic (exact) mass is 533 g/mol. The van der Waals surface area contributed by atoms with E-state index in [0.29, 0.717) is 0 Å². The summed E-state index contributed by atoms with van der Waals surface area (Å²) in [6, 6.07) is 9.80. The summed E-state index contributed by atoms with van der Waals surface area (Å²) in [7, 11) is 0. The second kappa shape index (κ2) is 24.9. The van der Waals surface area contributed by atoms with Crippen molar-refractivity contribution >= 4 is 5.78 Å². The van der Waals surface area contributed by atoms with Crippen LogP contribution in [-0.4, -0.2) is 5.78 Å². The van der Waals surface area contributed by atoms with E-state index >= 15 is 0 Å². The van der Waals surface area contributed by atoms with Gasteiger partial charge < -0.3 is 4.79 Å². The molecule has 0 radical (unpaired) electrons. The average Bonchev–Trinajstić information content (AvgIpc) is 2.85. The molecule has 0 saturated heterocycles. The molecule has 38 heavy (non-hydrogen) atoms. The van der Waals surface area contributed by atoms with Crippen molar-refractivity contribution < 1.29 is 4.79 Å². The molecule has 0 aromatic heterocycles. The van der Waals surface area contributed by atoms with E-state index in [9.17, 15) is 4.79 Å². The number of hydrogen-bond donors (Lipinski definition) is 0. The van der Waals surface area contributed by atoms with Crippen LogP contribution in [0.25, 0.3) is 0 Å². The van der Waals surface area contributed by atoms with Crippen molar-refractivity contribution in [3.05, 3.63) is 35.4 Å². The number of Topliss-reactive ketones (excluding diaryl/α,β-unsaturated/α-hetero) is 1. The Hall–Kier alpha value is -1.11. The lowest BCUT2D eigenvalue weighted by Gasteiger charge is -2.29. The number of rotatable bonds is 12. The van der Waals surface area contributed by atoms with E-state index in [2.05, 4.69) is 38.1 Å². The largest absolute Gasteiger partial charge is 0.300 e. The highest BCUT2D eigenvalue weighted by molar-refractivity contribution is 5.75. The van der Waals surface area contributed by atoms with Gasteiger partial charge in [0.2, 0.25) is 0 Å². The normalized spacial score (nSPS) is 22.2. The standard InChI is InChI=1S/C28H46.C5H10O.4CH4/c1-3-5-7-23-9-13-25(14-10-23)21-27-17-19-28(20-18-27)22-26-15-11-24(12-16-26)8-6-4-2;1-3-4-5(2)6;;;;/h17-20,23-26H,3-16,21-22H2,1-2H3;3-4H2,1-2H3;4*1H4. The zero-order chi connectivity index (χ0) is 24.6. The SMILES string of the molecule is C.C.C.C.CCCC(C)=O.CCCCC1CCC(Cc2ccc(CC3CCC(CCCC)CC3)cc2)CC1. The van der Waals surface area contributed by atoms with Crippen LogP contribution in [-0.2, 0) is 17.6 Å². The van der Waals surface area contributed by atoms with E-state index in [1.807, 2.05) is 6.92 Å². The molecule has 0 N–H and O–H groups in total. The van der Waals surface area contributed by atoms with E-state index in [-0.39, 0.29) is 35.5 Å². The first-order valence-corrected chi connectivity index (χ1v) is 15.1. The molecule has 2 aliphatic rings. The molecule has 0 bridgehead atoms. The minimum atomic E-state index is 0. The Labute approximate surface area is 242 Å². The summed E-state index contributed by atoms with van der Waals surface area (Å²) in [6.07, 6.45) is 24.8. The molecule has 1 nitrogen and oxygen atoms in total. The lowest BCUT2D eigenvalue weighted by Crippen LogP contribution is -2.17. The Morgan fingerprint density at radius 3 is 1.13 bits per heavy atom. The Kier molecular flexibility index (Phi) is 27.1. The summed E-state index contributed by atoms with van der Waals surface area (Å²) in [4.78, 5) is 10.0. The number of ketones is 1. The Bertz CT molecular complexity index is 580. The first-order chi connectivity index (χ1) is 16.5. The van der Waals surface area contributed by atoms with Gasteiger partial charge >= 0.3 is 0 Å². The van der Waals surface area contributed by atoms with Gasteiger partial charge in [-0.2, -0.15) is 0 Å². The second-order valence-corrected chi connectivity index (χ2v) is 11.7. The quantitative estimate of drug-likeness (QED) is 0.261. The fraction of sp³-hybridized carbons (Fsp3) is 0.811. The smallest absolute Gasteiger partial charge is 0.129 e. The molecule has 0 spiro atoms. The molecule has 226 valence electrons. The van der Waals surface area contributed by atoms with Crippen molar-refractivity contribution in [3.63, 3.8) is 0 Å². The Morgan fingerprint density at radius 2 is 0.895 bits per heavy atom. The van der Waals surface area contributed by atoms with Gasteiger partial charge in [0.05, 0.1) is 0 Å². The minimum absolute atomic E-state index is 0. The third-order valence-electron chi connectivity index (χ3n) is 8.54. The number of carbonyl (C=O) groups excluding carboxylic acids is 1. The molecule has 0 unspecified atom stereocenters. The summed E-state index contributed by atoms with van der Waals surface area (Å²) in [5.41, 5.74) is 3.17. The highest BCUT2D eigenvalue weighted by Gasteiger charge is 2.22. The molecule has 2 aliphatic carbocycles. The van der Waals surface area contributed by atoms with Crippen LogP contribution in [0.1, 0.15) is 171 Å². The summed E-state index contributed by atoms with van der Waals surface area (Å²) in [5, 5.41) is 0. The highest BCUT2D eigenvalue weighted by atomic mass is 16.1. The van der Waals surface area contributed by atoms with Gasteiger partial charge in [0.15, 0.2) is 0 Å². The van der Waals surface area contributed by atoms with Gasteiger partial charge in [0.1, 0.15) is 5.78 Å². The molecule has 2 fully saturated rings. The van der Waals surface area contributed by atoms with Crippen molar-refractivity contribution in [2.45, 2.75) is 173 Å². The molecule has 2 saturated carbocycles. The molecular weight excluding hydrogens is 460 g/mol. The fourth-order valence-electron chi connectivity index (χ4n) is 6.26.